The largest absolute Gasteiger partial charge is 0.311 e. The summed E-state index contributed by atoms with van der Waals surface area (Å²) in [6.07, 6.45) is 8.66. The van der Waals surface area contributed by atoms with Crippen LogP contribution >= 0.6 is 0 Å². The van der Waals surface area contributed by atoms with Gasteiger partial charge < -0.3 is 9.80 Å². The average molecular weight is 1110 g/mol. The maximum atomic E-state index is 2.51. The van der Waals surface area contributed by atoms with Crippen LogP contribution in [0.3, 0.4) is 0 Å². The van der Waals surface area contributed by atoms with Crippen molar-refractivity contribution < 1.29 is 0 Å². The van der Waals surface area contributed by atoms with Gasteiger partial charge in [0.2, 0.25) is 0 Å². The van der Waals surface area contributed by atoms with Crippen LogP contribution in [0.4, 0.5) is 34.1 Å². The predicted octanol–water partition coefficient (Wildman–Crippen LogP) is 23.8. The van der Waals surface area contributed by atoms with Crippen molar-refractivity contribution in [2.24, 2.45) is 0 Å². The van der Waals surface area contributed by atoms with Crippen molar-refractivity contribution in [3.8, 4) is 33.4 Å². The maximum absolute atomic E-state index is 2.51. The first-order chi connectivity index (χ1) is 42.9. The summed E-state index contributed by atoms with van der Waals surface area (Å²) in [6, 6.07) is 117. The van der Waals surface area contributed by atoms with E-state index >= 15 is 0 Å². The molecule has 87 heavy (non-hydrogen) atoms. The summed E-state index contributed by atoms with van der Waals surface area (Å²) in [4.78, 5) is 4.55. The molecule has 2 heteroatoms. The summed E-state index contributed by atoms with van der Waals surface area (Å²) >= 11 is 0. The number of hydrogen-bond acceptors (Lipinski definition) is 2. The fraction of sp³-hybridized carbons (Fsp3) is 0.0353. The Labute approximate surface area is 511 Å². The molecule has 0 unspecified atom stereocenters. The standard InChI is InChI=1S/C46H36N2.C39H28/c1-5-13-41(14-6-1)47(42-15-7-2-8-16-42)45-33-29-39(30-34-45)27-25-37-21-23-38(24-22-37)26-28-40-31-35-46(36-32-40)48(43-17-9-3-10-18-43)44-19-11-4-12-20-44;1-39(2)34-23-13-12-22-32(34)38-27-17-7-6-16-26(27)33(24-35(38)39)37-30-20-10-8-18-28(30)36(25-14-4-3-5-15-25)29-19-9-11-21-31(29)37/h1-36H;3-24H,1-2H3/b27-25+,28-26+;. The lowest BCUT2D eigenvalue weighted by Crippen LogP contribution is -2.15. The lowest BCUT2D eigenvalue weighted by Gasteiger charge is -2.25. The van der Waals surface area contributed by atoms with Crippen molar-refractivity contribution in [3.05, 3.63) is 361 Å². The number of anilines is 6. The lowest BCUT2D eigenvalue weighted by atomic mass is 9.79. The van der Waals surface area contributed by atoms with Crippen LogP contribution in [0.25, 0.3) is 90.0 Å². The van der Waals surface area contributed by atoms with E-state index in [1.165, 1.54) is 76.8 Å². The van der Waals surface area contributed by atoms with Gasteiger partial charge in [0, 0.05) is 39.5 Å². The molecule has 0 spiro atoms. The third-order valence-corrected chi connectivity index (χ3v) is 17.1. The van der Waals surface area contributed by atoms with Crippen LogP contribution in [0.5, 0.6) is 0 Å². The van der Waals surface area contributed by atoms with Crippen LogP contribution in [0.15, 0.2) is 328 Å². The number of para-hydroxylation sites is 4. The van der Waals surface area contributed by atoms with Gasteiger partial charge in [-0.15, -0.1) is 0 Å². The van der Waals surface area contributed by atoms with Crippen molar-refractivity contribution in [1.82, 2.24) is 0 Å². The number of rotatable bonds is 12. The van der Waals surface area contributed by atoms with Gasteiger partial charge in [-0.25, -0.2) is 0 Å². The van der Waals surface area contributed by atoms with Crippen molar-refractivity contribution in [2.75, 3.05) is 9.80 Å². The van der Waals surface area contributed by atoms with Gasteiger partial charge in [0.15, 0.2) is 0 Å². The van der Waals surface area contributed by atoms with E-state index in [2.05, 4.69) is 376 Å². The van der Waals surface area contributed by atoms with E-state index in [1.54, 1.807) is 0 Å². The van der Waals surface area contributed by atoms with Crippen LogP contribution in [-0.4, -0.2) is 0 Å². The van der Waals surface area contributed by atoms with E-state index in [-0.39, 0.29) is 5.41 Å². The Kier molecular flexibility index (Phi) is 14.8. The van der Waals surface area contributed by atoms with E-state index < -0.39 is 0 Å². The van der Waals surface area contributed by atoms with Crippen molar-refractivity contribution >= 4 is 90.7 Å². The molecule has 15 rings (SSSR count). The minimum atomic E-state index is -0.0692. The van der Waals surface area contributed by atoms with E-state index in [1.807, 2.05) is 0 Å². The summed E-state index contributed by atoms with van der Waals surface area (Å²) in [7, 11) is 0. The molecule has 0 atom stereocenters. The SMILES string of the molecule is C(=C\c1ccc(N(c2ccccc2)c2ccccc2)cc1)/c1ccc(/C=C/c2ccc(N(c3ccccc3)c3ccccc3)cc2)cc1.CC1(C)c2ccccc2-c2c1cc(-c1c3ccccc3c(-c3ccccc3)c3ccccc13)c1ccccc21. The van der Waals surface area contributed by atoms with Crippen LogP contribution in [0, 0.1) is 0 Å². The number of fused-ring (bicyclic) bond motifs is 7. The van der Waals surface area contributed by atoms with E-state index in [0.29, 0.717) is 0 Å². The molecule has 1 aliphatic rings. The summed E-state index contributed by atoms with van der Waals surface area (Å²) in [5.74, 6) is 0. The lowest BCUT2D eigenvalue weighted by molar-refractivity contribution is 0.661. The van der Waals surface area contributed by atoms with Crippen molar-refractivity contribution in [3.63, 3.8) is 0 Å². The minimum Gasteiger partial charge on any atom is -0.311 e. The Balaban J connectivity index is 0.000000156. The van der Waals surface area contributed by atoms with Crippen molar-refractivity contribution in [1.29, 1.82) is 0 Å². The molecule has 0 fully saturated rings. The van der Waals surface area contributed by atoms with Gasteiger partial charge in [0.25, 0.3) is 0 Å². The van der Waals surface area contributed by atoms with Crippen LogP contribution in [0.1, 0.15) is 47.2 Å². The molecule has 0 saturated carbocycles. The summed E-state index contributed by atoms with van der Waals surface area (Å²) < 4.78 is 0. The molecule has 14 aromatic rings. The summed E-state index contributed by atoms with van der Waals surface area (Å²) in [5, 5.41) is 7.84. The topological polar surface area (TPSA) is 6.48 Å². The molecule has 0 heterocycles. The molecule has 0 aromatic heterocycles. The van der Waals surface area contributed by atoms with E-state index in [9.17, 15) is 0 Å². The Bertz CT molecular complexity index is 4470. The molecule has 0 bridgehead atoms. The van der Waals surface area contributed by atoms with Crippen LogP contribution in [0.2, 0.25) is 0 Å². The molecular formula is C85H64N2. The zero-order valence-electron chi connectivity index (χ0n) is 48.9. The Morgan fingerprint density at radius 2 is 0.517 bits per heavy atom. The molecular weight excluding hydrogens is 1050 g/mol. The molecule has 0 aliphatic heterocycles. The normalized spacial score (nSPS) is 12.3. The number of hydrogen-bond donors (Lipinski definition) is 0. The van der Waals surface area contributed by atoms with Crippen molar-refractivity contribution in [2.45, 2.75) is 19.3 Å². The van der Waals surface area contributed by atoms with Gasteiger partial charge in [-0.2, -0.15) is 0 Å². The minimum absolute atomic E-state index is 0.0692. The zero-order chi connectivity index (χ0) is 58.5. The quantitative estimate of drug-likeness (QED) is 0.0889. The Morgan fingerprint density at radius 1 is 0.230 bits per heavy atom. The second-order valence-corrected chi connectivity index (χ2v) is 22.8. The summed E-state index contributed by atoms with van der Waals surface area (Å²) in [6.45, 7) is 4.76. The molecule has 1 aliphatic carbocycles. The Morgan fingerprint density at radius 3 is 0.908 bits per heavy atom. The Hall–Kier alpha value is -11.1. The van der Waals surface area contributed by atoms with Gasteiger partial charge >= 0.3 is 0 Å². The van der Waals surface area contributed by atoms with Gasteiger partial charge in [-0.05, 0) is 178 Å². The monoisotopic (exact) mass is 1110 g/mol. The molecule has 0 radical (unpaired) electrons. The third-order valence-electron chi connectivity index (χ3n) is 17.1. The molecule has 0 N–H and O–H groups in total. The molecule has 414 valence electrons. The fourth-order valence-electron chi connectivity index (χ4n) is 12.9. The molecule has 0 amide bonds. The average Bonchev–Trinajstić information content (AvgIpc) is 1.95. The zero-order valence-corrected chi connectivity index (χ0v) is 48.9. The molecule has 14 aromatic carbocycles. The summed E-state index contributed by atoms with van der Waals surface area (Å²) in [5.41, 5.74) is 22.2. The third kappa shape index (κ3) is 10.7. The van der Waals surface area contributed by atoms with Gasteiger partial charge in [0.1, 0.15) is 0 Å². The van der Waals surface area contributed by atoms with E-state index in [4.69, 9.17) is 0 Å². The van der Waals surface area contributed by atoms with E-state index in [0.717, 1.165) is 56.4 Å². The van der Waals surface area contributed by atoms with Gasteiger partial charge in [-0.3, -0.25) is 0 Å². The predicted molar refractivity (Wildman–Crippen MR) is 374 cm³/mol. The van der Waals surface area contributed by atoms with Crippen LogP contribution in [-0.2, 0) is 5.41 Å². The molecule has 0 saturated heterocycles. The first kappa shape index (κ1) is 53.9. The smallest absolute Gasteiger partial charge is 0.0462 e. The molecule has 2 nitrogen and oxygen atoms in total. The van der Waals surface area contributed by atoms with Crippen LogP contribution < -0.4 is 9.80 Å². The second-order valence-electron chi connectivity index (χ2n) is 22.8. The highest BCUT2D eigenvalue weighted by atomic mass is 15.1. The first-order valence-corrected chi connectivity index (χ1v) is 30.1. The highest BCUT2D eigenvalue weighted by molar-refractivity contribution is 6.24. The maximum Gasteiger partial charge on any atom is 0.0462 e. The first-order valence-electron chi connectivity index (χ1n) is 30.1. The number of nitrogens with zero attached hydrogens (tertiary/aromatic N) is 2. The fourth-order valence-corrected chi connectivity index (χ4v) is 12.9. The number of benzene rings is 14. The second kappa shape index (κ2) is 23.9. The highest BCUT2D eigenvalue weighted by Crippen LogP contribution is 2.55. The van der Waals surface area contributed by atoms with Gasteiger partial charge in [0.05, 0.1) is 0 Å². The highest BCUT2D eigenvalue weighted by Gasteiger charge is 2.37. The van der Waals surface area contributed by atoms with Gasteiger partial charge in [-0.1, -0.05) is 287 Å².